The molecule has 4 rings (SSSR count). The topological polar surface area (TPSA) is 104 Å². The summed E-state index contributed by atoms with van der Waals surface area (Å²) in [6.07, 6.45) is 1.23. The molecule has 3 N–H and O–H groups in total. The van der Waals surface area contributed by atoms with Crippen LogP contribution in [-0.2, 0) is 14.3 Å². The van der Waals surface area contributed by atoms with Crippen LogP contribution in [-0.4, -0.2) is 51.5 Å². The Morgan fingerprint density at radius 2 is 1.81 bits per heavy atom. The Morgan fingerprint density at radius 3 is 2.41 bits per heavy atom. The summed E-state index contributed by atoms with van der Waals surface area (Å²) in [5, 5.41) is 34.5. The van der Waals surface area contributed by atoms with E-state index in [4.69, 9.17) is 4.74 Å². The smallest absolute Gasteiger partial charge is 0.333 e. The number of rotatable bonds is 3. The van der Waals surface area contributed by atoms with Crippen molar-refractivity contribution in [3.05, 3.63) is 34.4 Å². The molecule has 2 bridgehead atoms. The van der Waals surface area contributed by atoms with Crippen molar-refractivity contribution >= 4 is 11.8 Å². The van der Waals surface area contributed by atoms with E-state index in [1.165, 1.54) is 0 Å². The third-order valence-corrected chi connectivity index (χ3v) is 9.18. The summed E-state index contributed by atoms with van der Waals surface area (Å²) in [5.74, 6) is -1.04. The summed E-state index contributed by atoms with van der Waals surface area (Å²) in [5.41, 5.74) is -1.45. The van der Waals surface area contributed by atoms with E-state index in [2.05, 4.69) is 13.8 Å². The predicted octanol–water partition coefficient (Wildman–Crippen LogP) is 2.72. The van der Waals surface area contributed by atoms with Crippen LogP contribution in [0.2, 0.25) is 0 Å². The lowest BCUT2D eigenvalue weighted by Crippen LogP contribution is -2.65. The number of fused-ring (bicyclic) bond motifs is 3. The quantitative estimate of drug-likeness (QED) is 0.351. The summed E-state index contributed by atoms with van der Waals surface area (Å²) < 4.78 is 5.48. The molecule has 32 heavy (non-hydrogen) atoms. The van der Waals surface area contributed by atoms with E-state index in [-0.39, 0.29) is 35.2 Å². The average Bonchev–Trinajstić information content (AvgIpc) is 3.22. The number of ether oxygens (including phenoxy) is 1. The first-order chi connectivity index (χ1) is 14.7. The second-order valence-electron chi connectivity index (χ2n) is 11.3. The van der Waals surface area contributed by atoms with Crippen LogP contribution in [0.15, 0.2) is 34.4 Å². The normalized spacial score (nSPS) is 43.8. The SMILES string of the molecule is CC1=CC23C(=O)C(C=C(COC(=O)C(C)=C(C)C)C(O)C2(O)C1O)[C@H]1C(C[C@H]3C)C1(C)C. The number of esters is 1. The summed E-state index contributed by atoms with van der Waals surface area (Å²) in [6, 6.07) is 0. The predicted molar refractivity (Wildman–Crippen MR) is 119 cm³/mol. The summed E-state index contributed by atoms with van der Waals surface area (Å²) in [4.78, 5) is 26.6. The van der Waals surface area contributed by atoms with Crippen molar-refractivity contribution in [3.63, 3.8) is 0 Å². The minimum atomic E-state index is -2.10. The molecule has 0 amide bonds. The van der Waals surface area contributed by atoms with E-state index in [9.17, 15) is 24.9 Å². The van der Waals surface area contributed by atoms with Gasteiger partial charge in [0, 0.05) is 11.5 Å². The minimum absolute atomic E-state index is 0.0312. The largest absolute Gasteiger partial charge is 0.458 e. The van der Waals surface area contributed by atoms with Crippen LogP contribution in [0, 0.1) is 34.5 Å². The van der Waals surface area contributed by atoms with Crippen molar-refractivity contribution in [1.82, 2.24) is 0 Å². The Kier molecular flexibility index (Phi) is 5.20. The number of carbonyl (C=O) groups is 2. The summed E-state index contributed by atoms with van der Waals surface area (Å²) >= 11 is 0. The molecule has 6 nitrogen and oxygen atoms in total. The molecular formula is C26H36O6. The van der Waals surface area contributed by atoms with Crippen LogP contribution in [0.5, 0.6) is 0 Å². The van der Waals surface area contributed by atoms with Crippen LogP contribution >= 0.6 is 0 Å². The Morgan fingerprint density at radius 1 is 1.19 bits per heavy atom. The molecule has 0 aliphatic heterocycles. The highest BCUT2D eigenvalue weighted by Crippen LogP contribution is 2.71. The zero-order valence-corrected chi connectivity index (χ0v) is 20.1. The van der Waals surface area contributed by atoms with Gasteiger partial charge in [0.15, 0.2) is 5.78 Å². The Labute approximate surface area is 190 Å². The Balaban J connectivity index is 1.82. The van der Waals surface area contributed by atoms with Gasteiger partial charge in [-0.3, -0.25) is 4.79 Å². The van der Waals surface area contributed by atoms with E-state index < -0.39 is 35.1 Å². The molecular weight excluding hydrogens is 408 g/mol. The van der Waals surface area contributed by atoms with Crippen molar-refractivity contribution in [2.75, 3.05) is 6.61 Å². The molecule has 0 aromatic carbocycles. The van der Waals surface area contributed by atoms with Crippen LogP contribution in [0.25, 0.3) is 0 Å². The Hall–Kier alpha value is -1.76. The number of hydrogen-bond acceptors (Lipinski definition) is 6. The second-order valence-corrected chi connectivity index (χ2v) is 11.3. The maximum atomic E-state index is 14.1. The number of Topliss-reactive ketones (excluding diaryl/α,β-unsaturated/α-hetero) is 1. The number of allylic oxidation sites excluding steroid dienone is 2. The molecule has 0 radical (unpaired) electrons. The first-order valence-electron chi connectivity index (χ1n) is 11.6. The molecule has 4 aliphatic carbocycles. The highest BCUT2D eigenvalue weighted by molar-refractivity contribution is 5.95. The van der Waals surface area contributed by atoms with E-state index in [0.717, 1.165) is 12.0 Å². The fourth-order valence-corrected chi connectivity index (χ4v) is 6.88. The molecule has 176 valence electrons. The molecule has 1 spiro atoms. The molecule has 8 atom stereocenters. The number of hydrogen-bond donors (Lipinski definition) is 3. The molecule has 6 heteroatoms. The van der Waals surface area contributed by atoms with Gasteiger partial charge in [0.2, 0.25) is 0 Å². The van der Waals surface area contributed by atoms with Gasteiger partial charge in [0.25, 0.3) is 0 Å². The van der Waals surface area contributed by atoms with Gasteiger partial charge in [-0.1, -0.05) is 38.5 Å². The zero-order valence-electron chi connectivity index (χ0n) is 20.1. The standard InChI is InChI=1S/C26H36O6/c1-12(2)15(5)23(30)32-11-16-9-17-19-18(24(19,6)7)8-14(4)25(22(17)29)10-13(3)20(27)26(25,31)21(16)28/h9-10,14,17-21,27-28,31H,8,11H2,1-7H3/t14-,17?,18?,19+,20?,21?,25?,26?/m1/s1. The molecule has 2 fully saturated rings. The van der Waals surface area contributed by atoms with E-state index in [1.807, 2.05) is 20.8 Å². The average molecular weight is 445 g/mol. The number of ketones is 1. The van der Waals surface area contributed by atoms with Gasteiger partial charge in [-0.25, -0.2) is 4.79 Å². The maximum Gasteiger partial charge on any atom is 0.333 e. The van der Waals surface area contributed by atoms with Crippen molar-refractivity contribution < 1.29 is 29.6 Å². The highest BCUT2D eigenvalue weighted by Gasteiger charge is 2.75. The first-order valence-corrected chi connectivity index (χ1v) is 11.6. The lowest BCUT2D eigenvalue weighted by atomic mass is 9.59. The maximum absolute atomic E-state index is 14.1. The molecule has 0 aromatic rings. The van der Waals surface area contributed by atoms with Gasteiger partial charge in [-0.15, -0.1) is 0 Å². The van der Waals surface area contributed by atoms with Gasteiger partial charge in [0.05, 0.1) is 5.41 Å². The van der Waals surface area contributed by atoms with Gasteiger partial charge in [-0.2, -0.15) is 0 Å². The fraction of sp³-hybridized carbons (Fsp3) is 0.692. The summed E-state index contributed by atoms with van der Waals surface area (Å²) in [7, 11) is 0. The lowest BCUT2D eigenvalue weighted by Gasteiger charge is -2.48. The van der Waals surface area contributed by atoms with Crippen LogP contribution < -0.4 is 0 Å². The van der Waals surface area contributed by atoms with Crippen molar-refractivity contribution in [1.29, 1.82) is 0 Å². The van der Waals surface area contributed by atoms with E-state index in [1.54, 1.807) is 26.0 Å². The third kappa shape index (κ3) is 2.75. The van der Waals surface area contributed by atoms with E-state index >= 15 is 0 Å². The zero-order chi connectivity index (χ0) is 24.0. The van der Waals surface area contributed by atoms with Crippen LogP contribution in [0.3, 0.4) is 0 Å². The molecule has 0 heterocycles. The number of aliphatic hydroxyl groups excluding tert-OH is 2. The lowest BCUT2D eigenvalue weighted by molar-refractivity contribution is -0.190. The van der Waals surface area contributed by atoms with Gasteiger partial charge in [-0.05, 0) is 68.4 Å². The number of aliphatic hydroxyl groups is 3. The van der Waals surface area contributed by atoms with Crippen molar-refractivity contribution in [2.24, 2.45) is 34.5 Å². The monoisotopic (exact) mass is 444 g/mol. The number of carbonyl (C=O) groups excluding carboxylic acids is 2. The van der Waals surface area contributed by atoms with Gasteiger partial charge in [0.1, 0.15) is 24.4 Å². The summed E-state index contributed by atoms with van der Waals surface area (Å²) in [6.45, 7) is 13.0. The highest BCUT2D eigenvalue weighted by atomic mass is 16.5. The van der Waals surface area contributed by atoms with Crippen LogP contribution in [0.1, 0.15) is 54.9 Å². The minimum Gasteiger partial charge on any atom is -0.458 e. The van der Waals surface area contributed by atoms with Gasteiger partial charge < -0.3 is 20.1 Å². The second kappa shape index (κ2) is 7.12. The third-order valence-electron chi connectivity index (χ3n) is 9.18. The molecule has 0 aromatic heterocycles. The fourth-order valence-electron chi connectivity index (χ4n) is 6.88. The molecule has 0 saturated heterocycles. The van der Waals surface area contributed by atoms with Crippen molar-refractivity contribution in [2.45, 2.75) is 72.7 Å². The molecule has 2 saturated carbocycles. The first kappa shape index (κ1) is 23.4. The van der Waals surface area contributed by atoms with Gasteiger partial charge >= 0.3 is 5.97 Å². The van der Waals surface area contributed by atoms with E-state index in [0.29, 0.717) is 17.1 Å². The van der Waals surface area contributed by atoms with Crippen molar-refractivity contribution in [3.8, 4) is 0 Å². The molecule has 6 unspecified atom stereocenters. The molecule has 4 aliphatic rings. The Bertz CT molecular complexity index is 967. The van der Waals surface area contributed by atoms with Crippen LogP contribution in [0.4, 0.5) is 0 Å².